The predicted octanol–water partition coefficient (Wildman–Crippen LogP) is 4.99. The van der Waals surface area contributed by atoms with Crippen molar-refractivity contribution in [2.75, 3.05) is 0 Å². The van der Waals surface area contributed by atoms with Gasteiger partial charge in [-0.15, -0.1) is 0 Å². The summed E-state index contributed by atoms with van der Waals surface area (Å²) < 4.78 is 27.5. The summed E-state index contributed by atoms with van der Waals surface area (Å²) in [6.07, 6.45) is 7.17. The molecule has 0 aromatic heterocycles. The molecule has 2 fully saturated rings. The zero-order valence-corrected chi connectivity index (χ0v) is 17.9. The van der Waals surface area contributed by atoms with Gasteiger partial charge in [0.25, 0.3) is 0 Å². The first-order chi connectivity index (χ1) is 12.2. The number of hydrogen-bond acceptors (Lipinski definition) is 2. The molecular formula is C22H28O2SSi. The van der Waals surface area contributed by atoms with Crippen LogP contribution in [-0.2, 0) is 9.84 Å². The van der Waals surface area contributed by atoms with Crippen LogP contribution in [0.1, 0.15) is 18.4 Å². The summed E-state index contributed by atoms with van der Waals surface area (Å²) in [5.74, 6) is 3.39. The Morgan fingerprint density at radius 1 is 0.885 bits per heavy atom. The van der Waals surface area contributed by atoms with Crippen molar-refractivity contribution in [1.82, 2.24) is 0 Å². The van der Waals surface area contributed by atoms with Crippen molar-refractivity contribution in [3.05, 3.63) is 52.1 Å². The lowest BCUT2D eigenvalue weighted by Gasteiger charge is -2.38. The van der Waals surface area contributed by atoms with E-state index in [4.69, 9.17) is 0 Å². The number of rotatable bonds is 3. The van der Waals surface area contributed by atoms with Crippen molar-refractivity contribution in [3.63, 3.8) is 0 Å². The molecule has 0 amide bonds. The van der Waals surface area contributed by atoms with Gasteiger partial charge in [0, 0.05) is 4.91 Å². The van der Waals surface area contributed by atoms with Gasteiger partial charge in [0.2, 0.25) is 9.84 Å². The van der Waals surface area contributed by atoms with Crippen LogP contribution in [0.2, 0.25) is 19.6 Å². The van der Waals surface area contributed by atoms with Crippen molar-refractivity contribution >= 4 is 17.9 Å². The minimum absolute atomic E-state index is 0.262. The van der Waals surface area contributed by atoms with E-state index >= 15 is 0 Å². The third-order valence-electron chi connectivity index (χ3n) is 7.42. The molecule has 138 valence electrons. The lowest BCUT2D eigenvalue weighted by atomic mass is 9.76. The number of hydrogen-bond donors (Lipinski definition) is 0. The Bertz CT molecular complexity index is 933. The van der Waals surface area contributed by atoms with Gasteiger partial charge in [-0.3, -0.25) is 0 Å². The highest BCUT2D eigenvalue weighted by Crippen LogP contribution is 2.68. The molecule has 0 spiro atoms. The number of fused-ring (bicyclic) bond motifs is 9. The first-order valence-electron chi connectivity index (χ1n) is 9.94. The minimum atomic E-state index is -3.38. The Balaban J connectivity index is 1.68. The predicted molar refractivity (Wildman–Crippen MR) is 108 cm³/mol. The Labute approximate surface area is 158 Å². The summed E-state index contributed by atoms with van der Waals surface area (Å²) in [6.45, 7) is 9.02. The highest BCUT2D eigenvalue weighted by Gasteiger charge is 2.63. The Morgan fingerprint density at radius 2 is 1.46 bits per heavy atom. The smallest absolute Gasteiger partial charge is 0.202 e. The fraction of sp³-hybridized carbons (Fsp3) is 0.545. The van der Waals surface area contributed by atoms with Crippen molar-refractivity contribution in [1.29, 1.82) is 0 Å². The molecule has 0 N–H and O–H groups in total. The van der Waals surface area contributed by atoms with Crippen LogP contribution < -0.4 is 0 Å². The van der Waals surface area contributed by atoms with Gasteiger partial charge >= 0.3 is 0 Å². The molecule has 1 aromatic rings. The number of allylic oxidation sites excluding steroid dienone is 4. The monoisotopic (exact) mass is 384 g/mol. The van der Waals surface area contributed by atoms with Gasteiger partial charge in [-0.2, -0.15) is 0 Å². The summed E-state index contributed by atoms with van der Waals surface area (Å²) in [5, 5.41) is 1.38. The molecule has 4 heteroatoms. The SMILES string of the molecule is Cc1ccc(S(=O)(=O)C2=C([Si](C)(C)C)C3CC2C2C4C=CC(C4)C32)cc1. The topological polar surface area (TPSA) is 34.1 Å². The lowest BCUT2D eigenvalue weighted by Crippen LogP contribution is -2.38. The van der Waals surface area contributed by atoms with Crippen LogP contribution in [0.5, 0.6) is 0 Å². The van der Waals surface area contributed by atoms with Gasteiger partial charge in [0.05, 0.1) is 13.0 Å². The first-order valence-corrected chi connectivity index (χ1v) is 14.9. The minimum Gasteiger partial charge on any atom is -0.219 e. The van der Waals surface area contributed by atoms with Crippen LogP contribution in [0.4, 0.5) is 0 Å². The second-order valence-electron chi connectivity index (χ2n) is 9.90. The highest BCUT2D eigenvalue weighted by molar-refractivity contribution is 7.95. The van der Waals surface area contributed by atoms with Gasteiger partial charge in [-0.1, -0.05) is 54.7 Å². The van der Waals surface area contributed by atoms with Crippen molar-refractivity contribution in [2.45, 2.75) is 44.3 Å². The van der Waals surface area contributed by atoms with Crippen molar-refractivity contribution < 1.29 is 8.42 Å². The molecule has 0 aliphatic heterocycles. The molecule has 2 saturated carbocycles. The second kappa shape index (κ2) is 5.23. The van der Waals surface area contributed by atoms with Gasteiger partial charge < -0.3 is 0 Å². The Morgan fingerprint density at radius 3 is 2.04 bits per heavy atom. The lowest BCUT2D eigenvalue weighted by molar-refractivity contribution is 0.282. The van der Waals surface area contributed by atoms with Gasteiger partial charge in [-0.05, 0) is 67.4 Å². The highest BCUT2D eigenvalue weighted by atomic mass is 32.2. The van der Waals surface area contributed by atoms with Gasteiger partial charge in [0.15, 0.2) is 0 Å². The molecule has 0 heterocycles. The summed E-state index contributed by atoms with van der Waals surface area (Å²) in [5.41, 5.74) is 1.11. The zero-order valence-electron chi connectivity index (χ0n) is 16.1. The van der Waals surface area contributed by atoms with E-state index < -0.39 is 17.9 Å². The third-order valence-corrected chi connectivity index (χ3v) is 11.9. The summed E-state index contributed by atoms with van der Waals surface area (Å²) >= 11 is 0. The molecule has 4 aliphatic carbocycles. The molecule has 6 atom stereocenters. The largest absolute Gasteiger partial charge is 0.219 e. The van der Waals surface area contributed by atoms with Crippen LogP contribution in [-0.4, -0.2) is 16.5 Å². The van der Waals surface area contributed by atoms with E-state index in [2.05, 4.69) is 31.8 Å². The van der Waals surface area contributed by atoms with E-state index in [0.29, 0.717) is 34.5 Å². The molecule has 2 nitrogen and oxygen atoms in total. The molecule has 4 bridgehead atoms. The van der Waals surface area contributed by atoms with E-state index in [1.807, 2.05) is 31.2 Å². The fourth-order valence-corrected chi connectivity index (χ4v) is 12.2. The standard InChI is InChI=1S/C22H28O2SSi/c1-13-5-9-16(10-6-13)25(23,24)21-17-12-18(22(21)26(2,3)4)20-15-8-7-14(11-15)19(17)20/h5-10,14-15,17-20H,11-12H2,1-4H3. The maximum absolute atomic E-state index is 13.7. The molecule has 4 aliphatic rings. The average molecular weight is 385 g/mol. The van der Waals surface area contributed by atoms with Crippen LogP contribution in [0, 0.1) is 42.4 Å². The van der Waals surface area contributed by atoms with E-state index in [9.17, 15) is 8.42 Å². The van der Waals surface area contributed by atoms with E-state index in [1.165, 1.54) is 11.6 Å². The van der Waals surface area contributed by atoms with Crippen molar-refractivity contribution in [3.8, 4) is 0 Å². The van der Waals surface area contributed by atoms with Crippen LogP contribution in [0.25, 0.3) is 0 Å². The molecule has 0 radical (unpaired) electrons. The number of sulfone groups is 1. The quantitative estimate of drug-likeness (QED) is 0.418. The average Bonchev–Trinajstić information content (AvgIpc) is 3.31. The Hall–Kier alpha value is -1.13. The van der Waals surface area contributed by atoms with Crippen LogP contribution in [0.15, 0.2) is 51.4 Å². The molecule has 5 rings (SSSR count). The maximum Gasteiger partial charge on any atom is 0.202 e. The number of aryl methyl sites for hydroxylation is 1. The molecule has 1 aromatic carbocycles. The molecule has 0 saturated heterocycles. The summed E-state index contributed by atoms with van der Waals surface area (Å²) in [7, 11) is -5.09. The maximum atomic E-state index is 13.7. The first kappa shape index (κ1) is 17.0. The number of benzene rings is 1. The van der Waals surface area contributed by atoms with Crippen molar-refractivity contribution in [2.24, 2.45) is 35.5 Å². The van der Waals surface area contributed by atoms with Gasteiger partial charge in [0.1, 0.15) is 0 Å². The second-order valence-corrected chi connectivity index (χ2v) is 16.9. The Kier molecular flexibility index (Phi) is 3.42. The molecule has 6 unspecified atom stereocenters. The normalized spacial score (nSPS) is 37.7. The third kappa shape index (κ3) is 2.12. The molecule has 26 heavy (non-hydrogen) atoms. The van der Waals surface area contributed by atoms with Crippen LogP contribution >= 0.6 is 0 Å². The van der Waals surface area contributed by atoms with E-state index in [0.717, 1.165) is 16.9 Å². The van der Waals surface area contributed by atoms with Gasteiger partial charge in [-0.25, -0.2) is 8.42 Å². The van der Waals surface area contributed by atoms with Crippen LogP contribution in [0.3, 0.4) is 0 Å². The fourth-order valence-electron chi connectivity index (χ4n) is 6.71. The molecular weight excluding hydrogens is 356 g/mol. The summed E-state index contributed by atoms with van der Waals surface area (Å²) in [6, 6.07) is 7.48. The zero-order chi connectivity index (χ0) is 18.4. The van der Waals surface area contributed by atoms with E-state index in [-0.39, 0.29) is 5.92 Å². The summed E-state index contributed by atoms with van der Waals surface area (Å²) in [4.78, 5) is 1.35. The van der Waals surface area contributed by atoms with E-state index in [1.54, 1.807) is 0 Å².